The van der Waals surface area contributed by atoms with Gasteiger partial charge in [0.15, 0.2) is 34.7 Å². The zero-order chi connectivity index (χ0) is 24.2. The first-order valence-corrected chi connectivity index (χ1v) is 10.2. The van der Waals surface area contributed by atoms with Crippen molar-refractivity contribution in [1.82, 2.24) is 0 Å². The second-order valence-electron chi connectivity index (χ2n) is 10.0. The highest BCUT2D eigenvalue weighted by molar-refractivity contribution is 6.34. The summed E-state index contributed by atoms with van der Waals surface area (Å²) in [6, 6.07) is 0. The third kappa shape index (κ3) is 4.13. The Labute approximate surface area is 186 Å². The predicted molar refractivity (Wildman–Crippen MR) is 117 cm³/mol. The highest BCUT2D eigenvalue weighted by atomic mass is 16.2. The van der Waals surface area contributed by atoms with Crippen molar-refractivity contribution in [3.8, 4) is 0 Å². The molecule has 6 heteroatoms. The topological polar surface area (TPSA) is 102 Å². The first-order valence-electron chi connectivity index (χ1n) is 10.2. The summed E-state index contributed by atoms with van der Waals surface area (Å²) in [5, 5.41) is 0. The molecule has 0 atom stereocenters. The maximum Gasteiger partial charge on any atom is 0.187 e. The predicted octanol–water partition coefficient (Wildman–Crippen LogP) is 3.09. The average Bonchev–Trinajstić information content (AvgIpc) is 2.65. The van der Waals surface area contributed by atoms with E-state index in [2.05, 4.69) is 0 Å². The molecule has 0 spiro atoms. The van der Waals surface area contributed by atoms with Crippen molar-refractivity contribution < 1.29 is 28.8 Å². The van der Waals surface area contributed by atoms with E-state index >= 15 is 0 Å². The fraction of sp³-hybridized carbons (Fsp3) is 0.308. The molecule has 3 aliphatic carbocycles. The Kier molecular flexibility index (Phi) is 5.46. The largest absolute Gasteiger partial charge is 0.290 e. The summed E-state index contributed by atoms with van der Waals surface area (Å²) in [6.07, 6.45) is 6.44. The van der Waals surface area contributed by atoms with Crippen LogP contribution in [0.1, 0.15) is 41.5 Å². The molecule has 0 aromatic rings. The fourth-order valence-corrected chi connectivity index (χ4v) is 3.69. The number of carbonyl (C=O) groups is 6. The lowest BCUT2D eigenvalue weighted by molar-refractivity contribution is -0.117. The van der Waals surface area contributed by atoms with E-state index in [9.17, 15) is 28.8 Å². The van der Waals surface area contributed by atoms with Gasteiger partial charge in [0.1, 0.15) is 0 Å². The summed E-state index contributed by atoms with van der Waals surface area (Å²) in [5.41, 5.74) is -1.21. The second kappa shape index (κ2) is 7.55. The molecule has 0 aromatic carbocycles. The molecular weight excluding hydrogens is 408 g/mol. The number of ketones is 6. The van der Waals surface area contributed by atoms with Gasteiger partial charge in [-0.3, -0.25) is 28.8 Å². The molecule has 0 N–H and O–H groups in total. The van der Waals surface area contributed by atoms with Crippen LogP contribution in [-0.2, 0) is 28.8 Å². The molecule has 164 valence electrons. The first-order chi connectivity index (χ1) is 14.6. The van der Waals surface area contributed by atoms with Gasteiger partial charge in [-0.15, -0.1) is 0 Å². The lowest BCUT2D eigenvalue weighted by atomic mass is 9.76. The van der Waals surface area contributed by atoms with Gasteiger partial charge >= 0.3 is 0 Å². The molecule has 0 saturated heterocycles. The number of hydrogen-bond acceptors (Lipinski definition) is 6. The van der Waals surface area contributed by atoms with E-state index in [1.54, 1.807) is 41.5 Å². The van der Waals surface area contributed by atoms with Crippen LogP contribution in [-0.4, -0.2) is 34.7 Å². The second-order valence-corrected chi connectivity index (χ2v) is 10.0. The minimum atomic E-state index is -0.689. The van der Waals surface area contributed by atoms with Crippen LogP contribution in [0.3, 0.4) is 0 Å². The lowest BCUT2D eigenvalue weighted by Gasteiger charge is -2.25. The van der Waals surface area contributed by atoms with Crippen LogP contribution in [0, 0.1) is 10.8 Å². The van der Waals surface area contributed by atoms with E-state index in [-0.39, 0.29) is 22.3 Å². The maximum absolute atomic E-state index is 12.8. The van der Waals surface area contributed by atoms with Gasteiger partial charge < -0.3 is 0 Å². The average molecular weight is 432 g/mol. The summed E-state index contributed by atoms with van der Waals surface area (Å²) in [4.78, 5) is 75.8. The zero-order valence-electron chi connectivity index (χ0n) is 18.9. The summed E-state index contributed by atoms with van der Waals surface area (Å²) in [5.74, 6) is -3.27. The number of hydrogen-bond donors (Lipinski definition) is 0. The van der Waals surface area contributed by atoms with E-state index in [0.717, 1.165) is 24.3 Å². The van der Waals surface area contributed by atoms with Crippen LogP contribution in [0.5, 0.6) is 0 Å². The van der Waals surface area contributed by atoms with Gasteiger partial charge in [0.05, 0.1) is 0 Å². The summed E-state index contributed by atoms with van der Waals surface area (Å²) < 4.78 is 0. The van der Waals surface area contributed by atoms with Crippen molar-refractivity contribution in [2.45, 2.75) is 41.5 Å². The van der Waals surface area contributed by atoms with Gasteiger partial charge in [-0.05, 0) is 47.3 Å². The summed E-state index contributed by atoms with van der Waals surface area (Å²) in [6.45, 7) is 10.8. The van der Waals surface area contributed by atoms with Crippen molar-refractivity contribution in [1.29, 1.82) is 0 Å². The van der Waals surface area contributed by atoms with Gasteiger partial charge in [-0.1, -0.05) is 41.5 Å². The molecule has 0 aliphatic heterocycles. The van der Waals surface area contributed by atoms with Gasteiger partial charge in [-0.25, -0.2) is 0 Å². The van der Waals surface area contributed by atoms with Crippen LogP contribution >= 0.6 is 0 Å². The zero-order valence-corrected chi connectivity index (χ0v) is 18.9. The molecule has 6 nitrogen and oxygen atoms in total. The normalized spacial score (nSPS) is 20.4. The number of allylic oxidation sites excluding steroid dienone is 12. The van der Waals surface area contributed by atoms with E-state index in [4.69, 9.17) is 0 Å². The Hall–Kier alpha value is -3.54. The third-order valence-corrected chi connectivity index (χ3v) is 5.44. The molecule has 3 rings (SSSR count). The first kappa shape index (κ1) is 23.1. The quantitative estimate of drug-likeness (QED) is 0.622. The Morgan fingerprint density at radius 1 is 0.375 bits per heavy atom. The van der Waals surface area contributed by atoms with E-state index in [0.29, 0.717) is 11.1 Å². The molecule has 0 aromatic heterocycles. The smallest absolute Gasteiger partial charge is 0.187 e. The molecule has 0 amide bonds. The molecule has 0 saturated carbocycles. The van der Waals surface area contributed by atoms with Gasteiger partial charge in [0.25, 0.3) is 0 Å². The Balaban J connectivity index is 1.94. The van der Waals surface area contributed by atoms with Crippen molar-refractivity contribution in [2.24, 2.45) is 10.8 Å². The monoisotopic (exact) mass is 432 g/mol. The van der Waals surface area contributed by atoms with Gasteiger partial charge in [0.2, 0.25) is 0 Å². The minimum absolute atomic E-state index is 0.161. The molecule has 0 bridgehead atoms. The van der Waals surface area contributed by atoms with Crippen LogP contribution in [0.15, 0.2) is 69.9 Å². The van der Waals surface area contributed by atoms with Crippen LogP contribution in [0.2, 0.25) is 0 Å². The van der Waals surface area contributed by atoms with E-state index in [1.165, 1.54) is 12.2 Å². The Morgan fingerprint density at radius 3 is 0.844 bits per heavy atom. The summed E-state index contributed by atoms with van der Waals surface area (Å²) in [7, 11) is 0. The van der Waals surface area contributed by atoms with Gasteiger partial charge in [-0.2, -0.15) is 0 Å². The van der Waals surface area contributed by atoms with E-state index < -0.39 is 45.5 Å². The molecule has 0 radical (unpaired) electrons. The molecule has 3 aliphatic rings. The van der Waals surface area contributed by atoms with Crippen LogP contribution in [0.25, 0.3) is 0 Å². The minimum Gasteiger partial charge on any atom is -0.290 e. The maximum atomic E-state index is 12.8. The molecule has 32 heavy (non-hydrogen) atoms. The highest BCUT2D eigenvalue weighted by Crippen LogP contribution is 2.34. The highest BCUT2D eigenvalue weighted by Gasteiger charge is 2.35. The SMILES string of the molecule is CC(C)(C)C1=CC(=O)C(C2=CC(=O)C(C3=CC(=O)C(C(C)(C)C)=CC3=O)=CC2=O)=CC1=O. The van der Waals surface area contributed by atoms with Crippen LogP contribution in [0.4, 0.5) is 0 Å². The number of carbonyl (C=O) groups excluding carboxylic acids is 6. The van der Waals surface area contributed by atoms with Crippen molar-refractivity contribution in [2.75, 3.05) is 0 Å². The van der Waals surface area contributed by atoms with Crippen molar-refractivity contribution in [3.63, 3.8) is 0 Å². The Bertz CT molecular complexity index is 1110. The Morgan fingerprint density at radius 2 is 0.594 bits per heavy atom. The molecule has 0 fully saturated rings. The van der Waals surface area contributed by atoms with Crippen molar-refractivity contribution in [3.05, 3.63) is 69.9 Å². The van der Waals surface area contributed by atoms with E-state index in [1.807, 2.05) is 0 Å². The lowest BCUT2D eigenvalue weighted by Crippen LogP contribution is -2.27. The fourth-order valence-electron chi connectivity index (χ4n) is 3.69. The van der Waals surface area contributed by atoms with Crippen LogP contribution < -0.4 is 0 Å². The van der Waals surface area contributed by atoms with Crippen molar-refractivity contribution >= 4 is 34.7 Å². The molecule has 0 unspecified atom stereocenters. The summed E-state index contributed by atoms with van der Waals surface area (Å²) >= 11 is 0. The molecule has 0 heterocycles. The van der Waals surface area contributed by atoms with Gasteiger partial charge in [0, 0.05) is 33.4 Å². The molecular formula is C26H24O6. The number of rotatable bonds is 2. The standard InChI is InChI=1S/C26H24O6/c1-25(2,3)17-11-21(29)15(9-23(17)31)13-7-20(28)14(8-19(13)27)16-10-24(32)18(12-22(16)30)26(4,5)6/h7-12H,1-6H3. The third-order valence-electron chi connectivity index (χ3n) is 5.44.